The summed E-state index contributed by atoms with van der Waals surface area (Å²) in [5, 5.41) is 4.98. The average Bonchev–Trinajstić information content (AvgIpc) is 3.50. The number of nitrogens with zero attached hydrogens (tertiary/aromatic N) is 2. The van der Waals surface area contributed by atoms with Crippen LogP contribution in [-0.2, 0) is 5.41 Å². The van der Waals surface area contributed by atoms with Gasteiger partial charge in [0.05, 0.1) is 5.69 Å². The lowest BCUT2D eigenvalue weighted by atomic mass is 9.82. The Morgan fingerprint density at radius 3 is 1.47 bits per heavy atom. The molecular weight excluding hydrogens is 689 g/mol. The molecule has 0 N–H and O–H groups in total. The van der Waals surface area contributed by atoms with Crippen LogP contribution in [0.15, 0.2) is 206 Å². The summed E-state index contributed by atoms with van der Waals surface area (Å²) < 4.78 is 0. The maximum absolute atomic E-state index is 2.45. The first-order chi connectivity index (χ1) is 28.0. The van der Waals surface area contributed by atoms with Gasteiger partial charge in [0.15, 0.2) is 0 Å². The van der Waals surface area contributed by atoms with Gasteiger partial charge in [-0.25, -0.2) is 0 Å². The van der Waals surface area contributed by atoms with Crippen molar-refractivity contribution in [3.63, 3.8) is 0 Å². The van der Waals surface area contributed by atoms with E-state index < -0.39 is 0 Å². The fourth-order valence-corrected chi connectivity index (χ4v) is 8.74. The Labute approximate surface area is 335 Å². The molecule has 1 aliphatic rings. The number of hydrogen-bond acceptors (Lipinski definition) is 2. The smallest absolute Gasteiger partial charge is 0.0546 e. The number of para-hydroxylation sites is 2. The van der Waals surface area contributed by atoms with Gasteiger partial charge in [-0.3, -0.25) is 0 Å². The molecule has 0 aromatic heterocycles. The molecule has 0 saturated carbocycles. The fraction of sp³-hybridized carbons (Fsp3) is 0.0545. The number of rotatable bonds is 8. The number of hydrogen-bond donors (Lipinski definition) is 0. The van der Waals surface area contributed by atoms with E-state index in [1.165, 1.54) is 49.5 Å². The Bertz CT molecular complexity index is 2870. The summed E-state index contributed by atoms with van der Waals surface area (Å²) in [5.74, 6) is 0. The minimum atomic E-state index is -0.104. The molecule has 2 nitrogen and oxygen atoms in total. The Morgan fingerprint density at radius 2 is 0.825 bits per heavy atom. The van der Waals surface area contributed by atoms with Gasteiger partial charge in [0.1, 0.15) is 0 Å². The summed E-state index contributed by atoms with van der Waals surface area (Å²) in [6.45, 7) is 4.71. The molecule has 9 aromatic carbocycles. The van der Waals surface area contributed by atoms with Gasteiger partial charge in [-0.1, -0.05) is 166 Å². The van der Waals surface area contributed by atoms with E-state index in [0.717, 1.165) is 39.6 Å². The van der Waals surface area contributed by atoms with Gasteiger partial charge in [0.2, 0.25) is 0 Å². The molecule has 0 atom stereocenters. The maximum atomic E-state index is 2.45. The minimum absolute atomic E-state index is 0.104. The fourth-order valence-electron chi connectivity index (χ4n) is 8.74. The van der Waals surface area contributed by atoms with Crippen molar-refractivity contribution in [2.45, 2.75) is 19.3 Å². The molecule has 10 rings (SSSR count). The maximum Gasteiger partial charge on any atom is 0.0546 e. The quantitative estimate of drug-likeness (QED) is 0.113. The third-order valence-corrected chi connectivity index (χ3v) is 11.6. The van der Waals surface area contributed by atoms with Crippen LogP contribution in [0, 0.1) is 0 Å². The molecule has 0 saturated heterocycles. The van der Waals surface area contributed by atoms with Crippen molar-refractivity contribution in [1.29, 1.82) is 0 Å². The second-order valence-corrected chi connectivity index (χ2v) is 15.4. The minimum Gasteiger partial charge on any atom is -0.311 e. The normalized spacial score (nSPS) is 12.8. The first kappa shape index (κ1) is 34.3. The van der Waals surface area contributed by atoms with E-state index in [1.807, 2.05) is 0 Å². The molecule has 272 valence electrons. The van der Waals surface area contributed by atoms with Crippen LogP contribution in [-0.4, -0.2) is 0 Å². The van der Waals surface area contributed by atoms with Crippen molar-refractivity contribution in [1.82, 2.24) is 0 Å². The van der Waals surface area contributed by atoms with E-state index in [1.54, 1.807) is 0 Å². The molecule has 0 unspecified atom stereocenters. The van der Waals surface area contributed by atoms with Gasteiger partial charge in [-0.15, -0.1) is 0 Å². The van der Waals surface area contributed by atoms with Crippen LogP contribution < -0.4 is 9.80 Å². The molecule has 2 heteroatoms. The molecule has 57 heavy (non-hydrogen) atoms. The predicted molar refractivity (Wildman–Crippen MR) is 244 cm³/mol. The van der Waals surface area contributed by atoms with Gasteiger partial charge in [0.25, 0.3) is 0 Å². The first-order valence-electron chi connectivity index (χ1n) is 19.8. The monoisotopic (exact) mass is 730 g/mol. The van der Waals surface area contributed by atoms with Crippen molar-refractivity contribution in [3.05, 3.63) is 229 Å². The highest BCUT2D eigenvalue weighted by Gasteiger charge is 2.35. The summed E-state index contributed by atoms with van der Waals surface area (Å²) in [6, 6.07) is 74.7. The van der Waals surface area contributed by atoms with Crippen LogP contribution in [0.5, 0.6) is 0 Å². The van der Waals surface area contributed by atoms with Crippen LogP contribution in [0.3, 0.4) is 0 Å². The van der Waals surface area contributed by atoms with Gasteiger partial charge in [-0.2, -0.15) is 0 Å². The second kappa shape index (κ2) is 14.2. The van der Waals surface area contributed by atoms with Crippen molar-refractivity contribution >= 4 is 67.8 Å². The molecule has 9 aromatic rings. The number of fused-ring (bicyclic) bond motifs is 6. The van der Waals surface area contributed by atoms with Crippen LogP contribution in [0.2, 0.25) is 0 Å². The Hall–Kier alpha value is -7.16. The summed E-state index contributed by atoms with van der Waals surface area (Å²) in [5.41, 5.74) is 14.4. The lowest BCUT2D eigenvalue weighted by Gasteiger charge is -2.29. The Balaban J connectivity index is 1.02. The standard InChI is InChI=1S/C55H42N2/c1-55(2)52-24-14-13-22-49(52)50-36-35-46(38-53(50)55)57(54-37-41-15-9-10-20-47(41)48-21-11-12-23-51(48)54)45-33-29-40(30-34-45)26-25-39-27-31-44(32-28-39)56(42-16-5-3-6-17-42)43-18-7-4-8-19-43/h3-38H,1-2H3/b26-25+. The van der Waals surface area contributed by atoms with E-state index in [9.17, 15) is 0 Å². The van der Waals surface area contributed by atoms with Gasteiger partial charge in [-0.05, 0) is 116 Å². The molecule has 0 radical (unpaired) electrons. The average molecular weight is 731 g/mol. The van der Waals surface area contributed by atoms with Gasteiger partial charge < -0.3 is 9.80 Å². The summed E-state index contributed by atoms with van der Waals surface area (Å²) >= 11 is 0. The van der Waals surface area contributed by atoms with Crippen molar-refractivity contribution in [2.24, 2.45) is 0 Å². The Kier molecular flexibility index (Phi) is 8.53. The predicted octanol–water partition coefficient (Wildman–Crippen LogP) is 15.4. The third kappa shape index (κ3) is 6.16. The molecule has 0 fully saturated rings. The van der Waals surface area contributed by atoms with E-state index in [0.29, 0.717) is 0 Å². The highest BCUT2D eigenvalue weighted by Crippen LogP contribution is 2.51. The topological polar surface area (TPSA) is 6.48 Å². The van der Waals surface area contributed by atoms with Crippen molar-refractivity contribution in [3.8, 4) is 11.1 Å². The zero-order valence-electron chi connectivity index (χ0n) is 32.2. The zero-order chi connectivity index (χ0) is 38.3. The highest BCUT2D eigenvalue weighted by atomic mass is 15.1. The number of anilines is 6. The second-order valence-electron chi connectivity index (χ2n) is 15.4. The first-order valence-corrected chi connectivity index (χ1v) is 19.8. The molecular formula is C55H42N2. The summed E-state index contributed by atoms with van der Waals surface area (Å²) in [4.78, 5) is 4.74. The van der Waals surface area contributed by atoms with E-state index in [4.69, 9.17) is 0 Å². The van der Waals surface area contributed by atoms with Crippen LogP contribution in [0.4, 0.5) is 34.1 Å². The van der Waals surface area contributed by atoms with E-state index in [2.05, 4.69) is 242 Å². The van der Waals surface area contributed by atoms with Crippen LogP contribution in [0.25, 0.3) is 44.8 Å². The molecule has 1 aliphatic carbocycles. The lowest BCUT2D eigenvalue weighted by molar-refractivity contribution is 0.660. The molecule has 0 aliphatic heterocycles. The Morgan fingerprint density at radius 1 is 0.351 bits per heavy atom. The third-order valence-electron chi connectivity index (χ3n) is 11.6. The zero-order valence-corrected chi connectivity index (χ0v) is 32.2. The van der Waals surface area contributed by atoms with Gasteiger partial charge >= 0.3 is 0 Å². The highest BCUT2D eigenvalue weighted by molar-refractivity contribution is 6.14. The summed E-state index contributed by atoms with van der Waals surface area (Å²) in [7, 11) is 0. The number of benzene rings is 9. The van der Waals surface area contributed by atoms with Gasteiger partial charge in [0, 0.05) is 39.2 Å². The van der Waals surface area contributed by atoms with Crippen molar-refractivity contribution < 1.29 is 0 Å². The van der Waals surface area contributed by atoms with E-state index >= 15 is 0 Å². The SMILES string of the molecule is CC1(C)c2ccccc2-c2ccc(N(c3ccc(/C=C/c4ccc(N(c5ccccc5)c5ccccc5)cc4)cc3)c3cc4ccccc4c4ccccc34)cc21. The molecule has 0 spiro atoms. The largest absolute Gasteiger partial charge is 0.311 e. The van der Waals surface area contributed by atoms with Crippen LogP contribution >= 0.6 is 0 Å². The molecule has 0 amide bonds. The summed E-state index contributed by atoms with van der Waals surface area (Å²) in [6.07, 6.45) is 4.40. The molecule has 0 bridgehead atoms. The van der Waals surface area contributed by atoms with Crippen LogP contribution in [0.1, 0.15) is 36.1 Å². The molecule has 0 heterocycles. The van der Waals surface area contributed by atoms with E-state index in [-0.39, 0.29) is 5.41 Å². The van der Waals surface area contributed by atoms with Crippen molar-refractivity contribution in [2.75, 3.05) is 9.80 Å². The lowest BCUT2D eigenvalue weighted by Crippen LogP contribution is -2.16.